The number of rotatable bonds is 4. The maximum Gasteiger partial charge on any atom is 0.234 e. The largest absolute Gasteiger partial charge is 0.395 e. The van der Waals surface area contributed by atoms with Gasteiger partial charge >= 0.3 is 0 Å². The van der Waals surface area contributed by atoms with Crippen LogP contribution in [-0.2, 0) is 4.79 Å². The number of nitrogens with zero attached hydrogens (tertiary/aromatic N) is 1. The van der Waals surface area contributed by atoms with Gasteiger partial charge in [-0.3, -0.25) is 4.79 Å². The molecule has 0 unspecified atom stereocenters. The standard InChI is InChI=1S/C8H16N2O2S/c1-8(2,6(9)13)7(12)10(3)4-5-11/h11H,4-5H2,1-3H3,(H2,9,13). The summed E-state index contributed by atoms with van der Waals surface area (Å²) < 4.78 is 0. The molecule has 0 atom stereocenters. The SMILES string of the molecule is CN(CCO)C(=O)C(C)(C)C(N)=S. The molecule has 0 radical (unpaired) electrons. The van der Waals surface area contributed by atoms with E-state index in [0.29, 0.717) is 6.54 Å². The lowest BCUT2D eigenvalue weighted by atomic mass is 9.92. The van der Waals surface area contributed by atoms with E-state index in [2.05, 4.69) is 0 Å². The number of carbonyl (C=O) groups excluding carboxylic acids is 1. The summed E-state index contributed by atoms with van der Waals surface area (Å²) in [6.45, 7) is 3.58. The molecule has 0 aromatic rings. The number of thiocarbonyl (C=S) groups is 1. The summed E-state index contributed by atoms with van der Waals surface area (Å²) in [5, 5.41) is 8.63. The highest BCUT2D eigenvalue weighted by molar-refractivity contribution is 7.80. The van der Waals surface area contributed by atoms with E-state index in [1.54, 1.807) is 20.9 Å². The lowest BCUT2D eigenvalue weighted by Gasteiger charge is -2.27. The van der Waals surface area contributed by atoms with Crippen molar-refractivity contribution in [1.29, 1.82) is 0 Å². The average Bonchev–Trinajstić information content (AvgIpc) is 2.03. The fourth-order valence-electron chi connectivity index (χ4n) is 0.834. The fourth-order valence-corrected chi connectivity index (χ4v) is 0.921. The van der Waals surface area contributed by atoms with E-state index in [1.807, 2.05) is 0 Å². The minimum absolute atomic E-state index is 0.0599. The molecule has 0 fully saturated rings. The topological polar surface area (TPSA) is 66.6 Å². The van der Waals surface area contributed by atoms with E-state index in [-0.39, 0.29) is 17.5 Å². The van der Waals surface area contributed by atoms with Crippen LogP contribution in [0.1, 0.15) is 13.8 Å². The first-order chi connectivity index (χ1) is 5.84. The number of amides is 1. The summed E-state index contributed by atoms with van der Waals surface area (Å²) in [4.78, 5) is 13.2. The molecular formula is C8H16N2O2S. The third kappa shape index (κ3) is 2.93. The van der Waals surface area contributed by atoms with Crippen molar-refractivity contribution in [2.24, 2.45) is 11.1 Å². The second-order valence-corrected chi connectivity index (χ2v) is 3.88. The maximum absolute atomic E-state index is 11.6. The molecule has 0 saturated carbocycles. The smallest absolute Gasteiger partial charge is 0.234 e. The highest BCUT2D eigenvalue weighted by atomic mass is 32.1. The lowest BCUT2D eigenvalue weighted by molar-refractivity contribution is -0.136. The van der Waals surface area contributed by atoms with Crippen LogP contribution >= 0.6 is 12.2 Å². The van der Waals surface area contributed by atoms with Gasteiger partial charge in [0.05, 0.1) is 17.0 Å². The van der Waals surface area contributed by atoms with E-state index < -0.39 is 5.41 Å². The van der Waals surface area contributed by atoms with Gasteiger partial charge in [-0.2, -0.15) is 0 Å². The second-order valence-electron chi connectivity index (χ2n) is 3.44. The van der Waals surface area contributed by atoms with Gasteiger partial charge in [0.15, 0.2) is 0 Å². The zero-order chi connectivity index (χ0) is 10.6. The van der Waals surface area contributed by atoms with Crippen LogP contribution in [0.15, 0.2) is 0 Å². The maximum atomic E-state index is 11.6. The molecule has 0 aromatic heterocycles. The predicted octanol–water partition coefficient (Wildman–Crippen LogP) is -0.251. The molecule has 3 N–H and O–H groups in total. The van der Waals surface area contributed by atoms with Crippen LogP contribution < -0.4 is 5.73 Å². The number of carbonyl (C=O) groups is 1. The third-order valence-corrected chi connectivity index (χ3v) is 2.44. The Bertz CT molecular complexity index is 216. The van der Waals surface area contributed by atoms with Crippen molar-refractivity contribution < 1.29 is 9.90 Å². The molecule has 0 aliphatic rings. The summed E-state index contributed by atoms with van der Waals surface area (Å²) in [5.41, 5.74) is 4.59. The van der Waals surface area contributed by atoms with Gasteiger partial charge in [0.2, 0.25) is 5.91 Å². The molecule has 76 valence electrons. The van der Waals surface area contributed by atoms with Crippen LogP contribution in [0.3, 0.4) is 0 Å². The van der Waals surface area contributed by atoms with Gasteiger partial charge in [0.25, 0.3) is 0 Å². The fraction of sp³-hybridized carbons (Fsp3) is 0.750. The second kappa shape index (κ2) is 4.53. The molecule has 0 saturated heterocycles. The molecule has 1 amide bonds. The Balaban J connectivity index is 4.49. The Morgan fingerprint density at radius 2 is 2.08 bits per heavy atom. The quantitative estimate of drug-likeness (QED) is 0.620. The van der Waals surface area contributed by atoms with Gasteiger partial charge in [-0.05, 0) is 13.8 Å². The van der Waals surface area contributed by atoms with E-state index in [0.717, 1.165) is 0 Å². The zero-order valence-electron chi connectivity index (χ0n) is 8.20. The van der Waals surface area contributed by atoms with Gasteiger partial charge in [-0.1, -0.05) is 12.2 Å². The van der Waals surface area contributed by atoms with Crippen molar-refractivity contribution in [3.63, 3.8) is 0 Å². The normalized spacial score (nSPS) is 11.1. The van der Waals surface area contributed by atoms with Crippen molar-refractivity contribution in [3.8, 4) is 0 Å². The Morgan fingerprint density at radius 1 is 1.62 bits per heavy atom. The first-order valence-electron chi connectivity index (χ1n) is 4.00. The van der Waals surface area contributed by atoms with E-state index in [4.69, 9.17) is 23.1 Å². The number of hydrogen-bond acceptors (Lipinski definition) is 3. The highest BCUT2D eigenvalue weighted by Gasteiger charge is 2.33. The molecule has 5 heteroatoms. The van der Waals surface area contributed by atoms with Crippen molar-refractivity contribution in [1.82, 2.24) is 4.90 Å². The molecule has 0 heterocycles. The monoisotopic (exact) mass is 204 g/mol. The minimum atomic E-state index is -0.834. The van der Waals surface area contributed by atoms with Crippen LogP contribution in [0, 0.1) is 5.41 Å². The summed E-state index contributed by atoms with van der Waals surface area (Å²) in [7, 11) is 1.61. The minimum Gasteiger partial charge on any atom is -0.395 e. The molecule has 4 nitrogen and oxygen atoms in total. The molecule has 13 heavy (non-hydrogen) atoms. The first kappa shape index (κ1) is 12.3. The van der Waals surface area contributed by atoms with Crippen LogP contribution in [0.25, 0.3) is 0 Å². The van der Waals surface area contributed by atoms with Gasteiger partial charge in [0.1, 0.15) is 0 Å². The Labute approximate surface area is 83.7 Å². The Hall–Kier alpha value is -0.680. The Morgan fingerprint density at radius 3 is 2.38 bits per heavy atom. The first-order valence-corrected chi connectivity index (χ1v) is 4.41. The average molecular weight is 204 g/mol. The predicted molar refractivity (Wildman–Crippen MR) is 55.3 cm³/mol. The van der Waals surface area contributed by atoms with Crippen molar-refractivity contribution >= 4 is 23.1 Å². The number of aliphatic hydroxyl groups excluding tert-OH is 1. The third-order valence-electron chi connectivity index (χ3n) is 1.93. The molecule has 0 rings (SSSR count). The van der Waals surface area contributed by atoms with Crippen LogP contribution in [0.5, 0.6) is 0 Å². The van der Waals surface area contributed by atoms with Crippen LogP contribution in [0.4, 0.5) is 0 Å². The molecule has 0 spiro atoms. The molecule has 0 bridgehead atoms. The summed E-state index contributed by atoms with van der Waals surface area (Å²) in [6.07, 6.45) is 0. The molecule has 0 aliphatic carbocycles. The van der Waals surface area contributed by atoms with Crippen molar-refractivity contribution in [3.05, 3.63) is 0 Å². The van der Waals surface area contributed by atoms with Crippen LogP contribution in [0.2, 0.25) is 0 Å². The van der Waals surface area contributed by atoms with Crippen molar-refractivity contribution in [2.45, 2.75) is 13.8 Å². The summed E-state index contributed by atoms with van der Waals surface area (Å²) >= 11 is 4.78. The molecule has 0 aliphatic heterocycles. The van der Waals surface area contributed by atoms with Gasteiger partial charge < -0.3 is 15.7 Å². The lowest BCUT2D eigenvalue weighted by Crippen LogP contribution is -2.46. The van der Waals surface area contributed by atoms with Gasteiger partial charge in [0, 0.05) is 13.6 Å². The number of nitrogens with two attached hydrogens (primary N) is 1. The van der Waals surface area contributed by atoms with E-state index >= 15 is 0 Å². The summed E-state index contributed by atoms with van der Waals surface area (Å²) in [6, 6.07) is 0. The highest BCUT2D eigenvalue weighted by Crippen LogP contribution is 2.18. The zero-order valence-corrected chi connectivity index (χ0v) is 9.02. The van der Waals surface area contributed by atoms with Gasteiger partial charge in [-0.25, -0.2) is 0 Å². The Kier molecular flexibility index (Phi) is 4.29. The van der Waals surface area contributed by atoms with E-state index in [1.165, 1.54) is 4.90 Å². The van der Waals surface area contributed by atoms with E-state index in [9.17, 15) is 4.79 Å². The summed E-state index contributed by atoms with van der Waals surface area (Å²) in [5.74, 6) is -0.172. The number of aliphatic hydroxyl groups is 1. The van der Waals surface area contributed by atoms with Crippen LogP contribution in [-0.4, -0.2) is 41.1 Å². The molecular weight excluding hydrogens is 188 g/mol. The van der Waals surface area contributed by atoms with Gasteiger partial charge in [-0.15, -0.1) is 0 Å². The molecule has 0 aromatic carbocycles. The number of likely N-dealkylation sites (N-methyl/N-ethyl adjacent to an activating group) is 1. The number of hydrogen-bond donors (Lipinski definition) is 2. The van der Waals surface area contributed by atoms with Crippen molar-refractivity contribution in [2.75, 3.05) is 20.2 Å².